The molecule has 0 spiro atoms. The Kier molecular flexibility index (Phi) is 7.02. The van der Waals surface area contributed by atoms with Gasteiger partial charge in [0.25, 0.3) is 5.56 Å². The van der Waals surface area contributed by atoms with Crippen molar-refractivity contribution in [3.05, 3.63) is 97.9 Å². The average Bonchev–Trinajstić information content (AvgIpc) is 2.86. The van der Waals surface area contributed by atoms with E-state index in [1.54, 1.807) is 43.3 Å². The molecule has 0 radical (unpaired) electrons. The minimum Gasteiger partial charge on any atom is -0.462 e. The highest BCUT2D eigenvalue weighted by Crippen LogP contribution is 2.12. The summed E-state index contributed by atoms with van der Waals surface area (Å²) < 4.78 is 7.04. The molecule has 0 atom stereocenters. The number of carbonyl (C=O) groups excluding carboxylic acids is 2. The predicted octanol–water partition coefficient (Wildman–Crippen LogP) is 2.47. The highest BCUT2D eigenvalue weighted by Gasteiger charge is 2.18. The minimum absolute atomic E-state index is 0.00247. The fraction of sp³-hybridized carbons (Fsp3) is 0.167. The van der Waals surface area contributed by atoms with E-state index in [4.69, 9.17) is 16.3 Å². The van der Waals surface area contributed by atoms with Gasteiger partial charge in [0.2, 0.25) is 5.91 Å². The van der Waals surface area contributed by atoms with Crippen LogP contribution in [0.5, 0.6) is 0 Å². The standard InChI is InChI=1S/C24H20ClN5O5/c1-2-35-23(33)16-5-9-18(10-6-16)28-19(31)14-29-21-20(26-11-12-27-21)22(32)30(24(29)34)13-15-3-7-17(25)8-4-15/h3-12H,2,13-14H2,1H3,(H,28,31). The normalized spacial score (nSPS) is 10.8. The molecule has 10 nitrogen and oxygen atoms in total. The van der Waals surface area contributed by atoms with Gasteiger partial charge >= 0.3 is 11.7 Å². The summed E-state index contributed by atoms with van der Waals surface area (Å²) in [6, 6.07) is 12.8. The van der Waals surface area contributed by atoms with Crippen molar-refractivity contribution in [3.8, 4) is 0 Å². The van der Waals surface area contributed by atoms with Crippen LogP contribution in [-0.2, 0) is 22.6 Å². The molecule has 0 saturated carbocycles. The maximum atomic E-state index is 13.2. The van der Waals surface area contributed by atoms with Crippen molar-refractivity contribution in [2.24, 2.45) is 0 Å². The quantitative estimate of drug-likeness (QED) is 0.392. The molecule has 4 rings (SSSR count). The molecule has 0 bridgehead atoms. The summed E-state index contributed by atoms with van der Waals surface area (Å²) >= 11 is 5.92. The van der Waals surface area contributed by atoms with E-state index in [1.807, 2.05) is 0 Å². The Morgan fingerprint density at radius 2 is 1.66 bits per heavy atom. The maximum Gasteiger partial charge on any atom is 0.338 e. The number of carbonyl (C=O) groups is 2. The van der Waals surface area contributed by atoms with E-state index in [-0.39, 0.29) is 24.3 Å². The van der Waals surface area contributed by atoms with Gasteiger partial charge in [-0.15, -0.1) is 0 Å². The Hall–Kier alpha value is -4.31. The van der Waals surface area contributed by atoms with E-state index in [0.717, 1.165) is 9.13 Å². The Labute approximate surface area is 203 Å². The fourth-order valence-electron chi connectivity index (χ4n) is 3.43. The van der Waals surface area contributed by atoms with Gasteiger partial charge in [0.1, 0.15) is 6.54 Å². The van der Waals surface area contributed by atoms with E-state index in [9.17, 15) is 19.2 Å². The van der Waals surface area contributed by atoms with Crippen LogP contribution >= 0.6 is 11.6 Å². The summed E-state index contributed by atoms with van der Waals surface area (Å²) in [4.78, 5) is 59.0. The number of ether oxygens (including phenoxy) is 1. The van der Waals surface area contributed by atoms with Crippen LogP contribution in [0, 0.1) is 0 Å². The molecule has 0 unspecified atom stereocenters. The van der Waals surface area contributed by atoms with Gasteiger partial charge in [0.05, 0.1) is 18.7 Å². The molecule has 2 heterocycles. The molecule has 1 N–H and O–H groups in total. The largest absolute Gasteiger partial charge is 0.462 e. The Morgan fingerprint density at radius 3 is 2.34 bits per heavy atom. The molecule has 2 aromatic heterocycles. The van der Waals surface area contributed by atoms with Crippen LogP contribution in [0.15, 0.2) is 70.5 Å². The van der Waals surface area contributed by atoms with Gasteiger partial charge in [-0.1, -0.05) is 23.7 Å². The number of hydrogen-bond donors (Lipinski definition) is 1. The predicted molar refractivity (Wildman–Crippen MR) is 130 cm³/mol. The summed E-state index contributed by atoms with van der Waals surface area (Å²) in [6.45, 7) is 1.52. The van der Waals surface area contributed by atoms with Crippen molar-refractivity contribution in [2.45, 2.75) is 20.0 Å². The van der Waals surface area contributed by atoms with Crippen LogP contribution in [0.2, 0.25) is 5.02 Å². The third-order valence-electron chi connectivity index (χ3n) is 5.08. The summed E-state index contributed by atoms with van der Waals surface area (Å²) in [5, 5.41) is 3.19. The number of benzene rings is 2. The number of anilines is 1. The number of hydrogen-bond acceptors (Lipinski definition) is 7. The van der Waals surface area contributed by atoms with Crippen LogP contribution in [-0.4, -0.2) is 37.6 Å². The third kappa shape index (κ3) is 5.28. The van der Waals surface area contributed by atoms with E-state index in [0.29, 0.717) is 21.8 Å². The van der Waals surface area contributed by atoms with Gasteiger partial charge in [0, 0.05) is 23.1 Å². The van der Waals surface area contributed by atoms with Crippen LogP contribution in [0.1, 0.15) is 22.8 Å². The smallest absolute Gasteiger partial charge is 0.338 e. The monoisotopic (exact) mass is 493 g/mol. The zero-order chi connectivity index (χ0) is 24.9. The van der Waals surface area contributed by atoms with Gasteiger partial charge in [-0.3, -0.25) is 18.7 Å². The third-order valence-corrected chi connectivity index (χ3v) is 5.33. The Bertz CT molecular complexity index is 1510. The fourth-order valence-corrected chi connectivity index (χ4v) is 3.56. The average molecular weight is 494 g/mol. The SMILES string of the molecule is CCOC(=O)c1ccc(NC(=O)Cn2c(=O)n(Cc3ccc(Cl)cc3)c(=O)c3nccnc32)cc1. The first kappa shape index (κ1) is 23.8. The van der Waals surface area contributed by atoms with Crippen LogP contribution < -0.4 is 16.6 Å². The number of halogens is 1. The van der Waals surface area contributed by atoms with E-state index >= 15 is 0 Å². The number of amides is 1. The van der Waals surface area contributed by atoms with Crippen molar-refractivity contribution in [1.29, 1.82) is 0 Å². The number of nitrogens with one attached hydrogen (secondary N) is 1. The molecule has 0 aliphatic carbocycles. The molecule has 2 aromatic carbocycles. The van der Waals surface area contributed by atoms with E-state index in [2.05, 4.69) is 15.3 Å². The van der Waals surface area contributed by atoms with Crippen molar-refractivity contribution >= 4 is 40.3 Å². The summed E-state index contributed by atoms with van der Waals surface area (Å²) in [5.74, 6) is -0.996. The second kappa shape index (κ2) is 10.3. The molecule has 0 saturated heterocycles. The number of rotatable bonds is 7. The van der Waals surface area contributed by atoms with Gasteiger partial charge in [-0.2, -0.15) is 0 Å². The molecule has 0 aliphatic heterocycles. The van der Waals surface area contributed by atoms with Gasteiger partial charge in [0.15, 0.2) is 11.2 Å². The van der Waals surface area contributed by atoms with Crippen LogP contribution in [0.4, 0.5) is 5.69 Å². The maximum absolute atomic E-state index is 13.2. The highest BCUT2D eigenvalue weighted by atomic mass is 35.5. The lowest BCUT2D eigenvalue weighted by Crippen LogP contribution is -2.42. The zero-order valence-corrected chi connectivity index (χ0v) is 19.4. The molecule has 35 heavy (non-hydrogen) atoms. The van der Waals surface area contributed by atoms with Crippen molar-refractivity contribution in [2.75, 3.05) is 11.9 Å². The van der Waals surface area contributed by atoms with Crippen molar-refractivity contribution in [1.82, 2.24) is 19.1 Å². The molecule has 1 amide bonds. The number of aromatic nitrogens is 4. The van der Waals surface area contributed by atoms with Crippen molar-refractivity contribution < 1.29 is 14.3 Å². The molecule has 0 aliphatic rings. The summed E-state index contributed by atoms with van der Waals surface area (Å²) in [6.07, 6.45) is 2.68. The second-order valence-electron chi connectivity index (χ2n) is 7.46. The van der Waals surface area contributed by atoms with E-state index < -0.39 is 29.7 Å². The van der Waals surface area contributed by atoms with Crippen molar-refractivity contribution in [3.63, 3.8) is 0 Å². The minimum atomic E-state index is -0.703. The first-order valence-electron chi connectivity index (χ1n) is 10.6. The molecule has 4 aromatic rings. The Morgan fingerprint density at radius 1 is 0.971 bits per heavy atom. The van der Waals surface area contributed by atoms with Crippen LogP contribution in [0.3, 0.4) is 0 Å². The van der Waals surface area contributed by atoms with Gasteiger partial charge in [-0.25, -0.2) is 19.6 Å². The molecule has 11 heteroatoms. The zero-order valence-electron chi connectivity index (χ0n) is 18.6. The number of esters is 1. The lowest BCUT2D eigenvalue weighted by atomic mass is 10.2. The van der Waals surface area contributed by atoms with Crippen LogP contribution in [0.25, 0.3) is 11.2 Å². The van der Waals surface area contributed by atoms with E-state index in [1.165, 1.54) is 24.5 Å². The molecular weight excluding hydrogens is 474 g/mol. The number of nitrogens with zero attached hydrogens (tertiary/aromatic N) is 4. The first-order chi connectivity index (χ1) is 16.9. The number of fused-ring (bicyclic) bond motifs is 1. The lowest BCUT2D eigenvalue weighted by Gasteiger charge is -2.13. The molecule has 178 valence electrons. The van der Waals surface area contributed by atoms with Gasteiger partial charge < -0.3 is 10.1 Å². The first-order valence-corrected chi connectivity index (χ1v) is 11.0. The molecule has 0 fully saturated rings. The van der Waals surface area contributed by atoms with Gasteiger partial charge in [-0.05, 0) is 48.9 Å². The lowest BCUT2D eigenvalue weighted by molar-refractivity contribution is -0.116. The molecular formula is C24H20ClN5O5. The summed E-state index contributed by atoms with van der Waals surface area (Å²) in [7, 11) is 0. The summed E-state index contributed by atoms with van der Waals surface area (Å²) in [5.41, 5.74) is 0.0902. The Balaban J connectivity index is 1.63. The highest BCUT2D eigenvalue weighted by molar-refractivity contribution is 6.30. The topological polar surface area (TPSA) is 125 Å². The second-order valence-corrected chi connectivity index (χ2v) is 7.90.